The minimum absolute atomic E-state index is 0.110. The number of oxazole rings is 1. The molecule has 2 aliphatic rings. The Labute approximate surface area is 162 Å². The van der Waals surface area contributed by atoms with E-state index < -0.39 is 5.60 Å². The van der Waals surface area contributed by atoms with E-state index in [1.165, 1.54) is 0 Å². The summed E-state index contributed by atoms with van der Waals surface area (Å²) in [6, 6.07) is 5.87. The van der Waals surface area contributed by atoms with E-state index in [1.807, 2.05) is 9.80 Å². The van der Waals surface area contributed by atoms with Crippen molar-refractivity contribution in [3.63, 3.8) is 0 Å². The molecule has 2 fully saturated rings. The quantitative estimate of drug-likeness (QED) is 0.829. The van der Waals surface area contributed by atoms with Gasteiger partial charge in [-0.25, -0.2) is 0 Å². The van der Waals surface area contributed by atoms with E-state index >= 15 is 0 Å². The van der Waals surface area contributed by atoms with Crippen LogP contribution in [0, 0.1) is 5.92 Å². The molecule has 27 heavy (non-hydrogen) atoms. The Morgan fingerprint density at radius 1 is 1.33 bits per heavy atom. The number of rotatable bonds is 3. The zero-order valence-electron chi connectivity index (χ0n) is 15.1. The van der Waals surface area contributed by atoms with Crippen LogP contribution in [0.2, 0.25) is 5.02 Å². The number of hydrogen-bond donors (Lipinski definition) is 2. The Bertz CT molecular complexity index is 831. The van der Waals surface area contributed by atoms with Crippen LogP contribution >= 0.6 is 11.6 Å². The van der Waals surface area contributed by atoms with Gasteiger partial charge in [0.15, 0.2) is 5.58 Å². The number of halogens is 1. The van der Waals surface area contributed by atoms with Crippen LogP contribution in [0.1, 0.15) is 25.7 Å². The van der Waals surface area contributed by atoms with Crippen LogP contribution in [-0.2, 0) is 4.79 Å². The van der Waals surface area contributed by atoms with Crippen molar-refractivity contribution in [1.82, 2.24) is 9.88 Å². The molecule has 2 aliphatic heterocycles. The molecule has 7 nitrogen and oxygen atoms in total. The molecule has 1 aromatic carbocycles. The second-order valence-corrected chi connectivity index (χ2v) is 8.04. The van der Waals surface area contributed by atoms with E-state index in [9.17, 15) is 15.0 Å². The van der Waals surface area contributed by atoms with Gasteiger partial charge in [0, 0.05) is 31.2 Å². The summed E-state index contributed by atoms with van der Waals surface area (Å²) >= 11 is 6.02. The molecule has 2 aromatic rings. The SMILES string of the molecule is O=C(C1CCCN(c2nc3cc(Cl)ccc3o2)C1)N1CCC(O)(CO)CC1. The Balaban J connectivity index is 1.43. The van der Waals surface area contributed by atoms with Gasteiger partial charge in [-0.15, -0.1) is 0 Å². The number of hydrogen-bond acceptors (Lipinski definition) is 6. The predicted octanol–water partition coefficient (Wildman–Crippen LogP) is 2.04. The molecule has 1 atom stereocenters. The van der Waals surface area contributed by atoms with Gasteiger partial charge in [0.2, 0.25) is 5.91 Å². The molecule has 0 saturated carbocycles. The highest BCUT2D eigenvalue weighted by Crippen LogP contribution is 2.30. The Kier molecular flexibility index (Phi) is 5.01. The second kappa shape index (κ2) is 7.30. The van der Waals surface area contributed by atoms with Gasteiger partial charge in [-0.1, -0.05) is 11.6 Å². The summed E-state index contributed by atoms with van der Waals surface area (Å²) in [5, 5.41) is 20.0. The molecule has 0 radical (unpaired) electrons. The van der Waals surface area contributed by atoms with Gasteiger partial charge in [-0.2, -0.15) is 4.98 Å². The van der Waals surface area contributed by atoms with E-state index in [0.717, 1.165) is 19.4 Å². The Morgan fingerprint density at radius 3 is 2.85 bits per heavy atom. The van der Waals surface area contributed by atoms with E-state index in [0.29, 0.717) is 54.6 Å². The summed E-state index contributed by atoms with van der Waals surface area (Å²) in [6.45, 7) is 2.07. The minimum atomic E-state index is -1.05. The maximum absolute atomic E-state index is 12.9. The van der Waals surface area contributed by atoms with Crippen molar-refractivity contribution in [2.75, 3.05) is 37.7 Å². The van der Waals surface area contributed by atoms with E-state index in [4.69, 9.17) is 16.0 Å². The van der Waals surface area contributed by atoms with Crippen molar-refractivity contribution < 1.29 is 19.4 Å². The van der Waals surface area contributed by atoms with Crippen molar-refractivity contribution in [2.45, 2.75) is 31.3 Å². The molecule has 3 heterocycles. The number of nitrogens with zero attached hydrogens (tertiary/aromatic N) is 3. The van der Waals surface area contributed by atoms with Gasteiger partial charge in [-0.05, 0) is 43.9 Å². The fraction of sp³-hybridized carbons (Fsp3) is 0.579. The molecule has 0 aliphatic carbocycles. The fourth-order valence-electron chi connectivity index (χ4n) is 3.94. The normalized spacial score (nSPS) is 23.0. The number of amides is 1. The molecule has 0 spiro atoms. The predicted molar refractivity (Wildman–Crippen MR) is 102 cm³/mol. The summed E-state index contributed by atoms with van der Waals surface area (Å²) in [4.78, 5) is 21.3. The maximum atomic E-state index is 12.9. The van der Waals surface area contributed by atoms with E-state index in [1.54, 1.807) is 18.2 Å². The average Bonchev–Trinajstić information content (AvgIpc) is 3.11. The Hall–Kier alpha value is -1.83. The third-order valence-electron chi connectivity index (χ3n) is 5.68. The standard InChI is InChI=1S/C19H24ClN3O4/c20-14-3-4-16-15(10-14)21-18(27-16)23-7-1-2-13(11-23)17(25)22-8-5-19(26,12-24)6-9-22/h3-4,10,13,24,26H,1-2,5-9,11-12H2. The van der Waals surface area contributed by atoms with Crippen molar-refractivity contribution >= 4 is 34.6 Å². The van der Waals surface area contributed by atoms with Crippen LogP contribution in [-0.4, -0.2) is 64.4 Å². The minimum Gasteiger partial charge on any atom is -0.423 e. The molecule has 4 rings (SSSR count). The summed E-state index contributed by atoms with van der Waals surface area (Å²) in [5.74, 6) is -0.00323. The zero-order valence-corrected chi connectivity index (χ0v) is 15.9. The highest BCUT2D eigenvalue weighted by atomic mass is 35.5. The van der Waals surface area contributed by atoms with Crippen LogP contribution in [0.25, 0.3) is 11.1 Å². The van der Waals surface area contributed by atoms with Crippen molar-refractivity contribution in [2.24, 2.45) is 5.92 Å². The smallest absolute Gasteiger partial charge is 0.298 e. The maximum Gasteiger partial charge on any atom is 0.298 e. The van der Waals surface area contributed by atoms with Gasteiger partial charge in [0.1, 0.15) is 5.52 Å². The largest absolute Gasteiger partial charge is 0.423 e. The first-order valence-electron chi connectivity index (χ1n) is 9.40. The molecule has 2 N–H and O–H groups in total. The summed E-state index contributed by atoms with van der Waals surface area (Å²) in [5.41, 5.74) is 0.349. The first-order valence-corrected chi connectivity index (χ1v) is 9.78. The summed E-state index contributed by atoms with van der Waals surface area (Å²) in [7, 11) is 0. The van der Waals surface area contributed by atoms with Gasteiger partial charge >= 0.3 is 0 Å². The molecule has 1 unspecified atom stereocenters. The lowest BCUT2D eigenvalue weighted by molar-refractivity contribution is -0.141. The van der Waals surface area contributed by atoms with Crippen molar-refractivity contribution in [3.8, 4) is 0 Å². The lowest BCUT2D eigenvalue weighted by Gasteiger charge is -2.40. The lowest BCUT2D eigenvalue weighted by atomic mass is 9.90. The molecule has 1 aromatic heterocycles. The number of likely N-dealkylation sites (tertiary alicyclic amines) is 1. The first-order chi connectivity index (χ1) is 13.0. The van der Waals surface area contributed by atoms with Crippen molar-refractivity contribution in [1.29, 1.82) is 0 Å². The average molecular weight is 394 g/mol. The number of aliphatic hydroxyl groups excluding tert-OH is 1. The number of aliphatic hydroxyl groups is 2. The zero-order chi connectivity index (χ0) is 19.0. The van der Waals surface area contributed by atoms with Gasteiger partial charge < -0.3 is 24.4 Å². The Morgan fingerprint density at radius 2 is 2.11 bits per heavy atom. The van der Waals surface area contributed by atoms with Crippen LogP contribution in [0.5, 0.6) is 0 Å². The second-order valence-electron chi connectivity index (χ2n) is 7.60. The number of benzene rings is 1. The molecule has 0 bridgehead atoms. The third-order valence-corrected chi connectivity index (χ3v) is 5.91. The van der Waals surface area contributed by atoms with Gasteiger partial charge in [-0.3, -0.25) is 4.79 Å². The fourth-order valence-corrected chi connectivity index (χ4v) is 4.10. The van der Waals surface area contributed by atoms with Crippen LogP contribution in [0.15, 0.2) is 22.6 Å². The summed E-state index contributed by atoms with van der Waals surface area (Å²) < 4.78 is 5.85. The van der Waals surface area contributed by atoms with Gasteiger partial charge in [0.25, 0.3) is 6.01 Å². The highest BCUT2D eigenvalue weighted by molar-refractivity contribution is 6.31. The molecule has 2 saturated heterocycles. The number of piperidine rings is 2. The van der Waals surface area contributed by atoms with Gasteiger partial charge in [0.05, 0.1) is 18.1 Å². The number of carbonyl (C=O) groups excluding carboxylic acids is 1. The third kappa shape index (κ3) is 3.77. The van der Waals surface area contributed by atoms with Crippen molar-refractivity contribution in [3.05, 3.63) is 23.2 Å². The lowest BCUT2D eigenvalue weighted by Crippen LogP contribution is -2.52. The highest BCUT2D eigenvalue weighted by Gasteiger charge is 2.37. The van der Waals surface area contributed by atoms with Crippen LogP contribution in [0.3, 0.4) is 0 Å². The topological polar surface area (TPSA) is 90.0 Å². The van der Waals surface area contributed by atoms with E-state index in [2.05, 4.69) is 4.98 Å². The number of fused-ring (bicyclic) bond motifs is 1. The number of anilines is 1. The van der Waals surface area contributed by atoms with E-state index in [-0.39, 0.29) is 18.4 Å². The number of aromatic nitrogens is 1. The van der Waals surface area contributed by atoms with Crippen LogP contribution in [0.4, 0.5) is 6.01 Å². The molecular formula is C19H24ClN3O4. The molecule has 8 heteroatoms. The summed E-state index contributed by atoms with van der Waals surface area (Å²) in [6.07, 6.45) is 2.56. The monoisotopic (exact) mass is 393 g/mol. The molecule has 1 amide bonds. The van der Waals surface area contributed by atoms with Crippen LogP contribution < -0.4 is 4.90 Å². The first kappa shape index (κ1) is 18.5. The number of carbonyl (C=O) groups is 1. The molecular weight excluding hydrogens is 370 g/mol. The molecule has 146 valence electrons.